The average molecular weight is 135 g/mol. The minimum atomic E-state index is -0.314. The Morgan fingerprint density at radius 2 is 2.50 bits per heavy atom. The van der Waals surface area contributed by atoms with Gasteiger partial charge in [0, 0.05) is 6.20 Å². The number of nitrogens with one attached hydrogen (secondary N) is 1. The summed E-state index contributed by atoms with van der Waals surface area (Å²) < 4.78 is 1.74. The molecule has 0 saturated carbocycles. The van der Waals surface area contributed by atoms with Crippen LogP contribution in [0.1, 0.15) is 0 Å². The highest BCUT2D eigenvalue weighted by Gasteiger charge is 1.89. The molecule has 0 aliphatic carbocycles. The summed E-state index contributed by atoms with van der Waals surface area (Å²) in [5.74, 6) is 0. The second-order valence-corrected chi connectivity index (χ2v) is 1.98. The van der Waals surface area contributed by atoms with Crippen molar-refractivity contribution in [2.75, 3.05) is 0 Å². The van der Waals surface area contributed by atoms with Crippen molar-refractivity contribution in [2.24, 2.45) is 0 Å². The van der Waals surface area contributed by atoms with Gasteiger partial charge in [0.1, 0.15) is 12.0 Å². The third-order valence-corrected chi connectivity index (χ3v) is 1.31. The van der Waals surface area contributed by atoms with Crippen molar-refractivity contribution in [3.05, 3.63) is 35.1 Å². The maximum atomic E-state index is 10.6. The van der Waals surface area contributed by atoms with E-state index in [9.17, 15) is 4.79 Å². The summed E-state index contributed by atoms with van der Waals surface area (Å²) in [5, 5.41) is 0. The minimum Gasteiger partial charge on any atom is -0.293 e. The molecule has 0 fully saturated rings. The van der Waals surface area contributed by atoms with Crippen LogP contribution in [0.3, 0.4) is 0 Å². The van der Waals surface area contributed by atoms with Gasteiger partial charge in [0.2, 0.25) is 0 Å². The molecule has 2 rings (SSSR count). The van der Waals surface area contributed by atoms with E-state index in [2.05, 4.69) is 9.97 Å². The predicted octanol–water partition coefficient (Wildman–Crippen LogP) is 0.0226. The summed E-state index contributed by atoms with van der Waals surface area (Å²) >= 11 is 0. The van der Waals surface area contributed by atoms with E-state index in [1.807, 2.05) is 18.3 Å². The van der Waals surface area contributed by atoms with Crippen molar-refractivity contribution in [1.29, 1.82) is 0 Å². The van der Waals surface area contributed by atoms with Gasteiger partial charge in [-0.1, -0.05) is 0 Å². The molecule has 0 radical (unpaired) electrons. The second kappa shape index (κ2) is 1.70. The molecule has 0 atom stereocenters. The van der Waals surface area contributed by atoms with Crippen molar-refractivity contribution in [3.8, 4) is 0 Å². The molecule has 0 aromatic carbocycles. The zero-order valence-electron chi connectivity index (χ0n) is 5.11. The van der Waals surface area contributed by atoms with E-state index in [0.717, 1.165) is 5.65 Å². The van der Waals surface area contributed by atoms with Gasteiger partial charge in [-0.05, 0) is 12.1 Å². The first-order chi connectivity index (χ1) is 4.86. The van der Waals surface area contributed by atoms with E-state index in [0.29, 0.717) is 0 Å². The number of aromatic amines is 1. The van der Waals surface area contributed by atoms with Gasteiger partial charge in [-0.2, -0.15) is 4.98 Å². The van der Waals surface area contributed by atoms with E-state index in [4.69, 9.17) is 0 Å². The van der Waals surface area contributed by atoms with Gasteiger partial charge >= 0.3 is 5.69 Å². The van der Waals surface area contributed by atoms with Crippen LogP contribution in [0.5, 0.6) is 0 Å². The van der Waals surface area contributed by atoms with Crippen LogP contribution in [0.25, 0.3) is 5.65 Å². The molecule has 2 heterocycles. The van der Waals surface area contributed by atoms with Gasteiger partial charge in [-0.15, -0.1) is 0 Å². The molecule has 10 heavy (non-hydrogen) atoms. The van der Waals surface area contributed by atoms with Gasteiger partial charge < -0.3 is 0 Å². The smallest absolute Gasteiger partial charge is 0.293 e. The summed E-state index contributed by atoms with van der Waals surface area (Å²) in [6.07, 6.45) is 3.30. The maximum Gasteiger partial charge on any atom is 0.347 e. The first-order valence-electron chi connectivity index (χ1n) is 2.88. The van der Waals surface area contributed by atoms with Crippen LogP contribution in [-0.4, -0.2) is 14.4 Å². The highest BCUT2D eigenvalue weighted by atomic mass is 16.1. The summed E-state index contributed by atoms with van der Waals surface area (Å²) in [7, 11) is 0. The SMILES string of the molecule is O=c1ncn2cccc2[nH]1. The lowest BCUT2D eigenvalue weighted by Gasteiger charge is -1.88. The normalized spacial score (nSPS) is 10.4. The molecular formula is C6H5N3O. The molecule has 4 heteroatoms. The van der Waals surface area contributed by atoms with Gasteiger partial charge in [0.05, 0.1) is 0 Å². The second-order valence-electron chi connectivity index (χ2n) is 1.98. The molecule has 0 saturated heterocycles. The average Bonchev–Trinajstić information content (AvgIpc) is 2.33. The van der Waals surface area contributed by atoms with Gasteiger partial charge in [0.15, 0.2) is 0 Å². The summed E-state index contributed by atoms with van der Waals surface area (Å²) in [5.41, 5.74) is 0.450. The van der Waals surface area contributed by atoms with Crippen molar-refractivity contribution in [3.63, 3.8) is 0 Å². The van der Waals surface area contributed by atoms with Gasteiger partial charge in [0.25, 0.3) is 0 Å². The minimum absolute atomic E-state index is 0.314. The molecule has 2 aromatic rings. The van der Waals surface area contributed by atoms with E-state index in [-0.39, 0.29) is 5.69 Å². The highest BCUT2D eigenvalue weighted by Crippen LogP contribution is 1.93. The molecule has 2 aromatic heterocycles. The highest BCUT2D eigenvalue weighted by molar-refractivity contribution is 5.36. The Hall–Kier alpha value is -1.58. The number of rotatable bonds is 0. The molecule has 50 valence electrons. The van der Waals surface area contributed by atoms with Crippen molar-refractivity contribution in [2.45, 2.75) is 0 Å². The largest absolute Gasteiger partial charge is 0.347 e. The monoisotopic (exact) mass is 135 g/mol. The van der Waals surface area contributed by atoms with Crippen LogP contribution in [0, 0.1) is 0 Å². The Morgan fingerprint density at radius 3 is 3.40 bits per heavy atom. The maximum absolute atomic E-state index is 10.6. The van der Waals surface area contributed by atoms with Gasteiger partial charge in [-0.3, -0.25) is 9.38 Å². The Bertz CT molecular complexity index is 400. The molecular weight excluding hydrogens is 130 g/mol. The zero-order valence-corrected chi connectivity index (χ0v) is 5.11. The predicted molar refractivity (Wildman–Crippen MR) is 35.8 cm³/mol. The van der Waals surface area contributed by atoms with Crippen molar-refractivity contribution >= 4 is 5.65 Å². The van der Waals surface area contributed by atoms with Crippen LogP contribution >= 0.6 is 0 Å². The van der Waals surface area contributed by atoms with E-state index < -0.39 is 0 Å². The Kier molecular flexibility index (Phi) is 0.887. The number of hydrogen-bond acceptors (Lipinski definition) is 2. The van der Waals surface area contributed by atoms with E-state index >= 15 is 0 Å². The lowest BCUT2D eigenvalue weighted by Crippen LogP contribution is -2.10. The third kappa shape index (κ3) is 0.621. The molecule has 1 N–H and O–H groups in total. The quantitative estimate of drug-likeness (QED) is 0.553. The number of hydrogen-bond donors (Lipinski definition) is 1. The molecule has 4 nitrogen and oxygen atoms in total. The lowest BCUT2D eigenvalue weighted by atomic mass is 10.6. The number of aromatic nitrogens is 3. The summed E-state index contributed by atoms with van der Waals surface area (Å²) in [4.78, 5) is 16.7. The number of fused-ring (bicyclic) bond motifs is 1. The number of nitrogens with zero attached hydrogens (tertiary/aromatic N) is 2. The molecule has 0 amide bonds. The fourth-order valence-corrected chi connectivity index (χ4v) is 0.857. The fourth-order valence-electron chi connectivity index (χ4n) is 0.857. The molecule has 0 unspecified atom stereocenters. The lowest BCUT2D eigenvalue weighted by molar-refractivity contribution is 0.977. The summed E-state index contributed by atoms with van der Waals surface area (Å²) in [6, 6.07) is 3.65. The standard InChI is InChI=1S/C6H5N3O/c10-6-7-4-9-3-1-2-5(9)8-6/h1-4H,(H,8,10). The fraction of sp³-hybridized carbons (Fsp3) is 0. The van der Waals surface area contributed by atoms with Crippen LogP contribution in [-0.2, 0) is 0 Å². The zero-order chi connectivity index (χ0) is 6.97. The van der Waals surface area contributed by atoms with Gasteiger partial charge in [-0.25, -0.2) is 4.79 Å². The Balaban J connectivity index is 2.99. The topological polar surface area (TPSA) is 50.2 Å². The van der Waals surface area contributed by atoms with Crippen LogP contribution in [0.4, 0.5) is 0 Å². The molecule has 0 bridgehead atoms. The van der Waals surface area contributed by atoms with E-state index in [1.54, 1.807) is 4.40 Å². The van der Waals surface area contributed by atoms with Crippen molar-refractivity contribution in [1.82, 2.24) is 14.4 Å². The molecule has 0 aliphatic rings. The number of H-pyrrole nitrogens is 1. The van der Waals surface area contributed by atoms with E-state index in [1.165, 1.54) is 6.33 Å². The first kappa shape index (κ1) is 5.22. The van der Waals surface area contributed by atoms with Crippen LogP contribution < -0.4 is 5.69 Å². The van der Waals surface area contributed by atoms with Crippen LogP contribution in [0.15, 0.2) is 29.5 Å². The summed E-state index contributed by atoms with van der Waals surface area (Å²) in [6.45, 7) is 0. The Labute approximate surface area is 56.2 Å². The Morgan fingerprint density at radius 1 is 1.60 bits per heavy atom. The van der Waals surface area contributed by atoms with Crippen LogP contribution in [0.2, 0.25) is 0 Å². The first-order valence-corrected chi connectivity index (χ1v) is 2.88. The molecule has 0 spiro atoms. The van der Waals surface area contributed by atoms with Crippen molar-refractivity contribution < 1.29 is 0 Å². The molecule has 0 aliphatic heterocycles. The third-order valence-electron chi connectivity index (χ3n) is 1.31.